The van der Waals surface area contributed by atoms with E-state index in [9.17, 15) is 0 Å². The van der Waals surface area contributed by atoms with Gasteiger partial charge in [-0.1, -0.05) is 37.8 Å². The van der Waals surface area contributed by atoms with E-state index >= 15 is 0 Å². The first kappa shape index (κ1) is 22.5. The third-order valence-electron chi connectivity index (χ3n) is 6.21. The van der Waals surface area contributed by atoms with Crippen LogP contribution in [0.3, 0.4) is 0 Å². The van der Waals surface area contributed by atoms with Gasteiger partial charge in [0.05, 0.1) is 5.52 Å². The average Bonchev–Trinajstić information content (AvgIpc) is 3.21. The quantitative estimate of drug-likeness (QED) is 0.376. The van der Waals surface area contributed by atoms with Crippen molar-refractivity contribution in [1.82, 2.24) is 15.3 Å². The first-order chi connectivity index (χ1) is 15.2. The summed E-state index contributed by atoms with van der Waals surface area (Å²) in [6, 6.07) is 17.9. The number of rotatable bonds is 6. The van der Waals surface area contributed by atoms with Gasteiger partial charge in [-0.25, -0.2) is 4.98 Å². The Balaban J connectivity index is 0.00000245. The monoisotopic (exact) mass is 447 g/mol. The first-order valence-electron chi connectivity index (χ1n) is 11.1. The SMILES string of the molecule is C.CN(C)c1nc(NC2CCC(NCc3csc4ccccc34)CC2)nc2ccccc12. The Morgan fingerprint density at radius 3 is 2.38 bits per heavy atom. The van der Waals surface area contributed by atoms with Crippen molar-refractivity contribution in [2.24, 2.45) is 0 Å². The summed E-state index contributed by atoms with van der Waals surface area (Å²) in [5, 5.41) is 12.2. The van der Waals surface area contributed by atoms with Gasteiger partial charge in [-0.15, -0.1) is 11.3 Å². The van der Waals surface area contributed by atoms with E-state index in [1.54, 1.807) is 0 Å². The Hall–Kier alpha value is -2.70. The fraction of sp³-hybridized carbons (Fsp3) is 0.385. The molecule has 2 aromatic carbocycles. The molecule has 0 radical (unpaired) electrons. The molecule has 0 spiro atoms. The van der Waals surface area contributed by atoms with Crippen molar-refractivity contribution in [3.05, 3.63) is 59.5 Å². The van der Waals surface area contributed by atoms with Crippen LogP contribution in [0.25, 0.3) is 21.0 Å². The van der Waals surface area contributed by atoms with Crippen LogP contribution in [0.2, 0.25) is 0 Å². The Bertz CT molecular complexity index is 1180. The van der Waals surface area contributed by atoms with Crippen LogP contribution in [0.1, 0.15) is 38.7 Å². The van der Waals surface area contributed by atoms with E-state index in [-0.39, 0.29) is 7.43 Å². The Labute approximate surface area is 194 Å². The molecule has 2 N–H and O–H groups in total. The fourth-order valence-corrected chi connectivity index (χ4v) is 5.48. The molecule has 1 saturated carbocycles. The number of nitrogens with one attached hydrogen (secondary N) is 2. The highest BCUT2D eigenvalue weighted by atomic mass is 32.1. The van der Waals surface area contributed by atoms with Crippen LogP contribution in [0, 0.1) is 0 Å². The summed E-state index contributed by atoms with van der Waals surface area (Å²) in [7, 11) is 4.07. The largest absolute Gasteiger partial charge is 0.362 e. The lowest BCUT2D eigenvalue weighted by Gasteiger charge is -2.30. The van der Waals surface area contributed by atoms with Crippen molar-refractivity contribution >= 4 is 44.1 Å². The highest BCUT2D eigenvalue weighted by molar-refractivity contribution is 7.17. The van der Waals surface area contributed by atoms with Crippen LogP contribution in [0.15, 0.2) is 53.9 Å². The zero-order valence-electron chi connectivity index (χ0n) is 18.1. The molecule has 6 heteroatoms. The van der Waals surface area contributed by atoms with Gasteiger partial charge in [-0.3, -0.25) is 0 Å². The molecule has 32 heavy (non-hydrogen) atoms. The number of hydrogen-bond donors (Lipinski definition) is 2. The Morgan fingerprint density at radius 1 is 0.906 bits per heavy atom. The minimum absolute atomic E-state index is 0. The van der Waals surface area contributed by atoms with Crippen LogP contribution in [0.5, 0.6) is 0 Å². The summed E-state index contributed by atoms with van der Waals surface area (Å²) in [5.41, 5.74) is 2.41. The van der Waals surface area contributed by atoms with Gasteiger partial charge in [0.15, 0.2) is 0 Å². The smallest absolute Gasteiger partial charge is 0.225 e. The van der Waals surface area contributed by atoms with Gasteiger partial charge in [0, 0.05) is 42.8 Å². The number of hydrogen-bond acceptors (Lipinski definition) is 6. The molecule has 5 nitrogen and oxygen atoms in total. The topological polar surface area (TPSA) is 53.1 Å². The highest BCUT2D eigenvalue weighted by Gasteiger charge is 2.22. The summed E-state index contributed by atoms with van der Waals surface area (Å²) in [5.74, 6) is 1.70. The number of anilines is 2. The molecule has 0 saturated heterocycles. The molecule has 2 heterocycles. The summed E-state index contributed by atoms with van der Waals surface area (Å²) in [6.45, 7) is 0.951. The predicted molar refractivity (Wildman–Crippen MR) is 139 cm³/mol. The maximum absolute atomic E-state index is 4.80. The Morgan fingerprint density at radius 2 is 1.59 bits per heavy atom. The second-order valence-electron chi connectivity index (χ2n) is 8.61. The summed E-state index contributed by atoms with van der Waals surface area (Å²) >= 11 is 1.84. The molecule has 168 valence electrons. The third kappa shape index (κ3) is 4.71. The molecular formula is C26H33N5S. The summed E-state index contributed by atoms with van der Waals surface area (Å²) in [4.78, 5) is 11.6. The van der Waals surface area contributed by atoms with Crippen molar-refractivity contribution in [1.29, 1.82) is 0 Å². The zero-order chi connectivity index (χ0) is 21.2. The molecule has 4 aromatic rings. The van der Waals surface area contributed by atoms with Crippen molar-refractivity contribution < 1.29 is 0 Å². The van der Waals surface area contributed by atoms with Gasteiger partial charge in [-0.05, 0) is 60.2 Å². The summed E-state index contributed by atoms with van der Waals surface area (Å²) < 4.78 is 1.37. The van der Waals surface area contributed by atoms with Crippen molar-refractivity contribution in [3.8, 4) is 0 Å². The molecule has 5 rings (SSSR count). The van der Waals surface area contributed by atoms with Gasteiger partial charge in [-0.2, -0.15) is 4.98 Å². The fourth-order valence-electron chi connectivity index (χ4n) is 4.51. The lowest BCUT2D eigenvalue weighted by atomic mass is 9.91. The van der Waals surface area contributed by atoms with Gasteiger partial charge in [0.2, 0.25) is 5.95 Å². The van der Waals surface area contributed by atoms with E-state index in [1.165, 1.54) is 28.5 Å². The standard InChI is InChI=1S/C25H29N5S.CH4/c1-30(2)24-21-8-3-5-9-22(21)28-25(29-24)27-19-13-11-18(12-14-19)26-15-17-16-31-23-10-6-4-7-20(17)23;/h3-10,16,18-19,26H,11-15H2,1-2H3,(H,27,28,29);1H4. The maximum Gasteiger partial charge on any atom is 0.225 e. The van der Waals surface area contributed by atoms with Crippen LogP contribution in [-0.2, 0) is 6.54 Å². The predicted octanol–water partition coefficient (Wildman–Crippen LogP) is 6.06. The minimum Gasteiger partial charge on any atom is -0.362 e. The molecule has 1 aliphatic rings. The van der Waals surface area contributed by atoms with Crippen LogP contribution in [0.4, 0.5) is 11.8 Å². The van der Waals surface area contributed by atoms with E-state index in [2.05, 4.69) is 57.3 Å². The minimum atomic E-state index is 0. The zero-order valence-corrected chi connectivity index (χ0v) is 19.0. The second-order valence-corrected chi connectivity index (χ2v) is 9.52. The number of thiophene rings is 1. The van der Waals surface area contributed by atoms with E-state index in [0.717, 1.165) is 42.1 Å². The number of aromatic nitrogens is 2. The van der Waals surface area contributed by atoms with E-state index < -0.39 is 0 Å². The number of benzene rings is 2. The van der Waals surface area contributed by atoms with E-state index in [0.29, 0.717) is 12.1 Å². The second kappa shape index (κ2) is 9.84. The number of nitrogens with zero attached hydrogens (tertiary/aromatic N) is 3. The average molecular weight is 448 g/mol. The highest BCUT2D eigenvalue weighted by Crippen LogP contribution is 2.28. The van der Waals surface area contributed by atoms with Gasteiger partial charge in [0.25, 0.3) is 0 Å². The van der Waals surface area contributed by atoms with Crippen molar-refractivity contribution in [3.63, 3.8) is 0 Å². The molecule has 1 aliphatic carbocycles. The number of para-hydroxylation sites is 1. The first-order valence-corrected chi connectivity index (χ1v) is 11.9. The molecule has 0 aliphatic heterocycles. The van der Waals surface area contributed by atoms with Gasteiger partial charge in [0.1, 0.15) is 5.82 Å². The number of fused-ring (bicyclic) bond motifs is 2. The molecule has 0 amide bonds. The third-order valence-corrected chi connectivity index (χ3v) is 7.22. The van der Waals surface area contributed by atoms with Gasteiger partial charge < -0.3 is 15.5 Å². The van der Waals surface area contributed by atoms with Crippen LogP contribution >= 0.6 is 11.3 Å². The Kier molecular flexibility index (Phi) is 6.92. The molecule has 2 aromatic heterocycles. The normalized spacial score (nSPS) is 18.4. The molecule has 0 atom stereocenters. The molecule has 0 unspecified atom stereocenters. The maximum atomic E-state index is 4.80. The molecular weight excluding hydrogens is 414 g/mol. The van der Waals surface area contributed by atoms with E-state index in [1.807, 2.05) is 37.6 Å². The van der Waals surface area contributed by atoms with Crippen molar-refractivity contribution in [2.45, 2.75) is 51.7 Å². The molecule has 1 fully saturated rings. The van der Waals surface area contributed by atoms with Crippen molar-refractivity contribution in [2.75, 3.05) is 24.3 Å². The summed E-state index contributed by atoms with van der Waals surface area (Å²) in [6.07, 6.45) is 4.62. The molecule has 0 bridgehead atoms. The van der Waals surface area contributed by atoms with E-state index in [4.69, 9.17) is 9.97 Å². The lowest BCUT2D eigenvalue weighted by Crippen LogP contribution is -2.36. The van der Waals surface area contributed by atoms with Gasteiger partial charge >= 0.3 is 0 Å². The lowest BCUT2D eigenvalue weighted by molar-refractivity contribution is 0.352. The van der Waals surface area contributed by atoms with Crippen LogP contribution in [-0.4, -0.2) is 36.1 Å². The van der Waals surface area contributed by atoms with Crippen LogP contribution < -0.4 is 15.5 Å².